The number of non-ortho nitro benzene ring substituents is 1. The molecule has 0 aliphatic carbocycles. The van der Waals surface area contributed by atoms with E-state index in [4.69, 9.17) is 30.5 Å². The minimum atomic E-state index is -0.946. The van der Waals surface area contributed by atoms with Gasteiger partial charge in [-0.15, -0.1) is 0 Å². The highest BCUT2D eigenvalue weighted by molar-refractivity contribution is 7.07. The van der Waals surface area contributed by atoms with Crippen LogP contribution in [0.3, 0.4) is 0 Å². The Morgan fingerprint density at radius 3 is 2.42 bits per heavy atom. The molecule has 0 radical (unpaired) electrons. The van der Waals surface area contributed by atoms with Crippen molar-refractivity contribution >= 4 is 46.6 Å². The van der Waals surface area contributed by atoms with E-state index < -0.39 is 28.5 Å². The summed E-state index contributed by atoms with van der Waals surface area (Å²) in [7, 11) is 1.25. The fraction of sp³-hybridized carbons (Fsp3) is 0.257. The first-order chi connectivity index (χ1) is 24.0. The predicted octanol–water partition coefficient (Wildman–Crippen LogP) is 4.89. The van der Waals surface area contributed by atoms with Crippen molar-refractivity contribution in [2.24, 2.45) is 4.99 Å². The summed E-state index contributed by atoms with van der Waals surface area (Å²) in [6, 6.07) is 14.9. The predicted molar refractivity (Wildman–Crippen MR) is 184 cm³/mol. The maximum absolute atomic E-state index is 14.3. The van der Waals surface area contributed by atoms with Crippen molar-refractivity contribution in [1.29, 1.82) is 0 Å². The van der Waals surface area contributed by atoms with Gasteiger partial charge < -0.3 is 23.7 Å². The van der Waals surface area contributed by atoms with Crippen LogP contribution in [-0.2, 0) is 25.7 Å². The summed E-state index contributed by atoms with van der Waals surface area (Å²) in [6.45, 7) is 5.28. The van der Waals surface area contributed by atoms with Crippen molar-refractivity contribution < 1.29 is 38.2 Å². The van der Waals surface area contributed by atoms with Crippen molar-refractivity contribution in [3.8, 4) is 17.2 Å². The average Bonchev–Trinajstić information content (AvgIpc) is 3.40. The Morgan fingerprint density at radius 2 is 1.74 bits per heavy atom. The second-order valence-corrected chi connectivity index (χ2v) is 12.1. The first-order valence-corrected chi connectivity index (χ1v) is 16.6. The minimum absolute atomic E-state index is 0.0343. The third kappa shape index (κ3) is 7.87. The molecule has 0 saturated heterocycles. The molecule has 0 bridgehead atoms. The first-order valence-electron chi connectivity index (χ1n) is 15.4. The number of nitro groups is 1. The van der Waals surface area contributed by atoms with Crippen molar-refractivity contribution in [3.05, 3.63) is 123 Å². The maximum Gasteiger partial charge on any atom is 0.343 e. The second-order valence-electron chi connectivity index (χ2n) is 10.7. The lowest BCUT2D eigenvalue weighted by molar-refractivity contribution is -0.384. The number of rotatable bonds is 13. The SMILES string of the molecule is CCOC(=O)C1=C(C)N=c2s/c(=C/c3cc(Cl)ccc3OCc3ccc([N+](=O)[O-])cc3)c(=O)n2[C@@H]1c1ccc(OCC(=O)OC)c(OCC)c1. The monoisotopic (exact) mass is 721 g/mol. The smallest absolute Gasteiger partial charge is 0.343 e. The summed E-state index contributed by atoms with van der Waals surface area (Å²) in [5.74, 6) is -0.223. The summed E-state index contributed by atoms with van der Waals surface area (Å²) >= 11 is 7.47. The molecular formula is C35H32ClN3O10S. The van der Waals surface area contributed by atoms with Gasteiger partial charge in [-0.1, -0.05) is 29.0 Å². The van der Waals surface area contributed by atoms with Crippen molar-refractivity contribution in [2.45, 2.75) is 33.4 Å². The van der Waals surface area contributed by atoms with Gasteiger partial charge in [-0.25, -0.2) is 14.6 Å². The Labute approximate surface area is 294 Å². The number of hydrogen-bond donors (Lipinski definition) is 0. The molecule has 0 unspecified atom stereocenters. The number of benzene rings is 3. The molecule has 1 atom stereocenters. The van der Waals surface area contributed by atoms with E-state index in [1.165, 1.54) is 23.8 Å². The van der Waals surface area contributed by atoms with Crippen molar-refractivity contribution in [1.82, 2.24) is 4.57 Å². The molecule has 4 aromatic rings. The molecule has 5 rings (SSSR count). The largest absolute Gasteiger partial charge is 0.490 e. The third-order valence-electron chi connectivity index (χ3n) is 7.47. The number of hydrogen-bond acceptors (Lipinski definition) is 12. The number of halogens is 1. The van der Waals surface area contributed by atoms with Gasteiger partial charge in [0.1, 0.15) is 12.4 Å². The zero-order valence-corrected chi connectivity index (χ0v) is 29.0. The van der Waals surface area contributed by atoms with Gasteiger partial charge in [0.25, 0.3) is 11.2 Å². The van der Waals surface area contributed by atoms with Crippen LogP contribution in [-0.4, -0.2) is 48.4 Å². The fourth-order valence-corrected chi connectivity index (χ4v) is 6.38. The summed E-state index contributed by atoms with van der Waals surface area (Å²) in [4.78, 5) is 54.9. The molecule has 0 saturated carbocycles. The number of nitrogens with zero attached hydrogens (tertiary/aromatic N) is 3. The molecule has 15 heteroatoms. The van der Waals surface area contributed by atoms with Crippen LogP contribution in [0.4, 0.5) is 5.69 Å². The number of allylic oxidation sites excluding steroid dienone is 1. The lowest BCUT2D eigenvalue weighted by Gasteiger charge is -2.25. The zero-order chi connectivity index (χ0) is 35.9. The van der Waals surface area contributed by atoms with E-state index in [0.29, 0.717) is 43.7 Å². The molecule has 260 valence electrons. The Balaban J connectivity index is 1.59. The van der Waals surface area contributed by atoms with E-state index in [1.54, 1.807) is 75.4 Å². The molecule has 0 spiro atoms. The fourth-order valence-electron chi connectivity index (χ4n) is 5.16. The second kappa shape index (κ2) is 15.8. The number of aromatic nitrogens is 1. The molecule has 0 N–H and O–H groups in total. The molecule has 1 aromatic heterocycles. The van der Waals surface area contributed by atoms with E-state index in [0.717, 1.165) is 11.3 Å². The van der Waals surface area contributed by atoms with Crippen LogP contribution in [0, 0.1) is 10.1 Å². The van der Waals surface area contributed by atoms with Crippen molar-refractivity contribution in [2.75, 3.05) is 26.9 Å². The van der Waals surface area contributed by atoms with Gasteiger partial charge in [-0.05, 0) is 80.4 Å². The Morgan fingerprint density at radius 1 is 1.00 bits per heavy atom. The molecule has 1 aliphatic heterocycles. The molecular weight excluding hydrogens is 690 g/mol. The van der Waals surface area contributed by atoms with Gasteiger partial charge in [0.2, 0.25) is 0 Å². The van der Waals surface area contributed by atoms with E-state index >= 15 is 0 Å². The zero-order valence-electron chi connectivity index (χ0n) is 27.5. The Bertz CT molecular complexity index is 2160. The van der Waals surface area contributed by atoms with E-state index in [-0.39, 0.29) is 48.0 Å². The highest BCUT2D eigenvalue weighted by Gasteiger charge is 2.34. The van der Waals surface area contributed by atoms with Gasteiger partial charge in [-0.3, -0.25) is 19.5 Å². The maximum atomic E-state index is 14.3. The summed E-state index contributed by atoms with van der Waals surface area (Å²) in [5, 5.41) is 11.4. The molecule has 50 heavy (non-hydrogen) atoms. The molecule has 0 amide bonds. The number of carbonyl (C=O) groups excluding carboxylic acids is 2. The van der Waals surface area contributed by atoms with Crippen LogP contribution in [0.15, 0.2) is 81.7 Å². The van der Waals surface area contributed by atoms with Crippen LogP contribution in [0.25, 0.3) is 6.08 Å². The number of fused-ring (bicyclic) bond motifs is 1. The lowest BCUT2D eigenvalue weighted by Crippen LogP contribution is -2.40. The summed E-state index contributed by atoms with van der Waals surface area (Å²) in [5.41, 5.74) is 1.80. The van der Waals surface area contributed by atoms with E-state index in [2.05, 4.69) is 9.73 Å². The molecule has 0 fully saturated rings. The quantitative estimate of drug-likeness (QED) is 0.106. The van der Waals surface area contributed by atoms with Crippen LogP contribution < -0.4 is 29.1 Å². The van der Waals surface area contributed by atoms with Gasteiger partial charge >= 0.3 is 11.9 Å². The highest BCUT2D eigenvalue weighted by Crippen LogP contribution is 2.36. The number of methoxy groups -OCH3 is 1. The van der Waals surface area contributed by atoms with Gasteiger partial charge in [0.05, 0.1) is 47.1 Å². The number of ether oxygens (including phenoxy) is 5. The van der Waals surface area contributed by atoms with Gasteiger partial charge in [0, 0.05) is 22.7 Å². The molecule has 2 heterocycles. The normalized spacial score (nSPS) is 14.0. The number of thiazole rings is 1. The van der Waals surface area contributed by atoms with Crippen LogP contribution >= 0.6 is 22.9 Å². The Hall–Kier alpha value is -5.47. The molecule has 3 aromatic carbocycles. The average molecular weight is 722 g/mol. The number of nitro benzene ring substituents is 1. The van der Waals surface area contributed by atoms with Gasteiger partial charge in [-0.2, -0.15) is 0 Å². The number of esters is 2. The Kier molecular flexibility index (Phi) is 11.3. The first kappa shape index (κ1) is 35.8. The lowest BCUT2D eigenvalue weighted by atomic mass is 9.95. The number of carbonyl (C=O) groups is 2. The van der Waals surface area contributed by atoms with E-state index in [9.17, 15) is 24.5 Å². The third-order valence-corrected chi connectivity index (χ3v) is 8.69. The van der Waals surface area contributed by atoms with Crippen LogP contribution in [0.2, 0.25) is 5.02 Å². The van der Waals surface area contributed by atoms with Crippen LogP contribution in [0.1, 0.15) is 43.5 Å². The topological polar surface area (TPSA) is 158 Å². The van der Waals surface area contributed by atoms with E-state index in [1.807, 2.05) is 0 Å². The summed E-state index contributed by atoms with van der Waals surface area (Å²) < 4.78 is 29.3. The summed E-state index contributed by atoms with van der Waals surface area (Å²) in [6.07, 6.45) is 1.64. The standard InChI is InChI=1S/C35H32ClN3O10S/c1-5-46-28-16-22(9-13-27(28)49-19-30(40)45-4)32-31(34(42)47-6-2)20(3)37-35-38(32)33(41)29(50-35)17-23-15-24(36)10-14-26(23)48-18-21-7-11-25(12-8-21)39(43)44/h7-17,32H,5-6,18-19H2,1-4H3/b29-17+/t32-/m1/s1. The highest BCUT2D eigenvalue weighted by atomic mass is 35.5. The molecule has 13 nitrogen and oxygen atoms in total. The van der Waals surface area contributed by atoms with Gasteiger partial charge in [0.15, 0.2) is 22.9 Å². The minimum Gasteiger partial charge on any atom is -0.490 e. The molecule has 1 aliphatic rings. The van der Waals surface area contributed by atoms with Crippen molar-refractivity contribution in [3.63, 3.8) is 0 Å². The van der Waals surface area contributed by atoms with Crippen LogP contribution in [0.5, 0.6) is 17.2 Å².